The summed E-state index contributed by atoms with van der Waals surface area (Å²) in [4.78, 5) is 0. The fourth-order valence-electron chi connectivity index (χ4n) is 3.13. The lowest BCUT2D eigenvalue weighted by atomic mass is 9.74. The molecular formula is C17H22N2O. The van der Waals surface area contributed by atoms with Crippen LogP contribution in [0, 0.1) is 0 Å². The first-order chi connectivity index (χ1) is 9.76. The van der Waals surface area contributed by atoms with Crippen LogP contribution in [0.25, 0.3) is 10.8 Å². The number of nitrogens with one attached hydrogen (secondary N) is 1. The maximum absolute atomic E-state index is 5.78. The minimum Gasteiger partial charge on any atom is -0.378 e. The van der Waals surface area contributed by atoms with Gasteiger partial charge in [0.15, 0.2) is 0 Å². The minimum atomic E-state index is 0.0165. The molecular weight excluding hydrogens is 248 g/mol. The first-order valence-corrected chi connectivity index (χ1v) is 7.26. The van der Waals surface area contributed by atoms with E-state index in [4.69, 9.17) is 10.6 Å². The van der Waals surface area contributed by atoms with Crippen LogP contribution in [0.3, 0.4) is 0 Å². The number of ether oxygens (including phenoxy) is 1. The molecule has 0 saturated heterocycles. The van der Waals surface area contributed by atoms with Crippen molar-refractivity contribution in [3.8, 4) is 0 Å². The molecule has 0 bridgehead atoms. The minimum absolute atomic E-state index is 0.0165. The summed E-state index contributed by atoms with van der Waals surface area (Å²) in [6.45, 7) is 0. The molecule has 0 amide bonds. The predicted molar refractivity (Wildman–Crippen MR) is 82.2 cm³/mol. The number of hydrogen-bond acceptors (Lipinski definition) is 3. The van der Waals surface area contributed by atoms with Gasteiger partial charge in [0, 0.05) is 13.2 Å². The molecule has 0 aliphatic heterocycles. The van der Waals surface area contributed by atoms with E-state index >= 15 is 0 Å². The van der Waals surface area contributed by atoms with E-state index in [0.717, 1.165) is 19.3 Å². The van der Waals surface area contributed by atoms with Gasteiger partial charge in [-0.05, 0) is 48.1 Å². The zero-order chi connectivity index (χ0) is 14.0. The van der Waals surface area contributed by atoms with Crippen LogP contribution in [-0.4, -0.2) is 12.7 Å². The fourth-order valence-corrected chi connectivity index (χ4v) is 3.13. The molecule has 1 aliphatic rings. The van der Waals surface area contributed by atoms with Crippen LogP contribution in [0.2, 0.25) is 0 Å². The van der Waals surface area contributed by atoms with Gasteiger partial charge in [-0.25, -0.2) is 0 Å². The molecule has 0 heterocycles. The maximum Gasteiger partial charge on any atom is 0.0697 e. The highest BCUT2D eigenvalue weighted by molar-refractivity contribution is 5.83. The molecule has 0 spiro atoms. The van der Waals surface area contributed by atoms with Crippen molar-refractivity contribution in [2.45, 2.75) is 37.3 Å². The normalized spacial score (nSPS) is 18.7. The summed E-state index contributed by atoms with van der Waals surface area (Å²) in [5.41, 5.74) is 4.21. The van der Waals surface area contributed by atoms with E-state index in [1.54, 1.807) is 0 Å². The number of hydrazine groups is 1. The smallest absolute Gasteiger partial charge is 0.0697 e. The first-order valence-electron chi connectivity index (χ1n) is 7.26. The third-order valence-corrected chi connectivity index (χ3v) is 4.65. The Kier molecular flexibility index (Phi) is 3.74. The molecule has 3 nitrogen and oxygen atoms in total. The lowest BCUT2D eigenvalue weighted by molar-refractivity contribution is -0.0838. The lowest BCUT2D eigenvalue weighted by Crippen LogP contribution is -2.44. The maximum atomic E-state index is 5.78. The molecule has 3 rings (SSSR count). The van der Waals surface area contributed by atoms with Crippen molar-refractivity contribution >= 4 is 10.8 Å². The molecule has 1 aliphatic carbocycles. The highest BCUT2D eigenvalue weighted by Gasteiger charge is 2.39. The zero-order valence-corrected chi connectivity index (χ0v) is 11.9. The number of rotatable bonds is 5. The second-order valence-corrected chi connectivity index (χ2v) is 5.77. The molecule has 106 valence electrons. The average molecular weight is 270 g/mol. The van der Waals surface area contributed by atoms with Gasteiger partial charge in [-0.2, -0.15) is 0 Å². The van der Waals surface area contributed by atoms with Crippen molar-refractivity contribution in [3.05, 3.63) is 48.0 Å². The summed E-state index contributed by atoms with van der Waals surface area (Å²) in [7, 11) is 1.81. The van der Waals surface area contributed by atoms with Crippen LogP contribution in [0.5, 0.6) is 0 Å². The molecule has 2 aromatic carbocycles. The summed E-state index contributed by atoms with van der Waals surface area (Å²) >= 11 is 0. The molecule has 1 saturated carbocycles. The van der Waals surface area contributed by atoms with Crippen molar-refractivity contribution in [1.82, 2.24) is 5.43 Å². The molecule has 2 aromatic rings. The molecule has 3 N–H and O–H groups in total. The molecule has 0 aromatic heterocycles. The molecule has 0 radical (unpaired) electrons. The van der Waals surface area contributed by atoms with E-state index in [-0.39, 0.29) is 11.6 Å². The van der Waals surface area contributed by atoms with E-state index in [0.29, 0.717) is 0 Å². The average Bonchev–Trinajstić information content (AvgIpc) is 2.46. The summed E-state index contributed by atoms with van der Waals surface area (Å²) in [5.74, 6) is 5.78. The quantitative estimate of drug-likeness (QED) is 0.647. The Bertz CT molecular complexity index is 587. The van der Waals surface area contributed by atoms with Crippen LogP contribution >= 0.6 is 0 Å². The Morgan fingerprint density at radius 1 is 1.20 bits per heavy atom. The summed E-state index contributed by atoms with van der Waals surface area (Å²) in [5, 5.41) is 2.52. The third-order valence-electron chi connectivity index (χ3n) is 4.65. The van der Waals surface area contributed by atoms with Crippen LogP contribution in [-0.2, 0) is 4.74 Å². The van der Waals surface area contributed by atoms with Gasteiger partial charge in [0.1, 0.15) is 0 Å². The van der Waals surface area contributed by atoms with Crippen molar-refractivity contribution in [1.29, 1.82) is 0 Å². The number of methoxy groups -OCH3 is 1. The second kappa shape index (κ2) is 5.52. The standard InChI is InChI=1S/C17H22N2O/c1-20-17(9-4-10-17)12-16(19-18)15-8-7-13-5-2-3-6-14(13)11-15/h2-3,5-8,11,16,19H,4,9-10,12,18H2,1H3. The fraction of sp³-hybridized carbons (Fsp3) is 0.412. The monoisotopic (exact) mass is 270 g/mol. The SMILES string of the molecule is COC1(CC(NN)c2ccc3ccccc3c2)CCC1. The molecule has 20 heavy (non-hydrogen) atoms. The Morgan fingerprint density at radius 2 is 1.95 bits per heavy atom. The van der Waals surface area contributed by atoms with Gasteiger partial charge in [0.05, 0.1) is 5.60 Å². The highest BCUT2D eigenvalue weighted by atomic mass is 16.5. The van der Waals surface area contributed by atoms with Gasteiger partial charge in [-0.1, -0.05) is 36.4 Å². The van der Waals surface area contributed by atoms with Gasteiger partial charge < -0.3 is 4.74 Å². The van der Waals surface area contributed by atoms with Gasteiger partial charge in [0.2, 0.25) is 0 Å². The summed E-state index contributed by atoms with van der Waals surface area (Å²) in [6.07, 6.45) is 4.45. The Morgan fingerprint density at radius 3 is 2.55 bits per heavy atom. The van der Waals surface area contributed by atoms with Gasteiger partial charge in [-0.3, -0.25) is 11.3 Å². The number of fused-ring (bicyclic) bond motifs is 1. The summed E-state index contributed by atoms with van der Waals surface area (Å²) in [6, 6.07) is 15.1. The van der Waals surface area contributed by atoms with Crippen molar-refractivity contribution < 1.29 is 4.74 Å². The Labute approximate surface area is 120 Å². The first kappa shape index (κ1) is 13.6. The van der Waals surface area contributed by atoms with Gasteiger partial charge >= 0.3 is 0 Å². The van der Waals surface area contributed by atoms with Gasteiger partial charge in [-0.15, -0.1) is 0 Å². The van der Waals surface area contributed by atoms with Crippen LogP contribution in [0.1, 0.15) is 37.3 Å². The molecule has 1 fully saturated rings. The largest absolute Gasteiger partial charge is 0.378 e. The van der Waals surface area contributed by atoms with Gasteiger partial charge in [0.25, 0.3) is 0 Å². The van der Waals surface area contributed by atoms with Crippen molar-refractivity contribution in [3.63, 3.8) is 0 Å². The third kappa shape index (κ3) is 2.44. The predicted octanol–water partition coefficient (Wildman–Crippen LogP) is 3.30. The molecule has 3 heteroatoms. The topological polar surface area (TPSA) is 47.3 Å². The number of nitrogens with two attached hydrogens (primary N) is 1. The van der Waals surface area contributed by atoms with Crippen LogP contribution < -0.4 is 11.3 Å². The van der Waals surface area contributed by atoms with Crippen LogP contribution in [0.4, 0.5) is 0 Å². The van der Waals surface area contributed by atoms with E-state index in [9.17, 15) is 0 Å². The Hall–Kier alpha value is -1.42. The van der Waals surface area contributed by atoms with E-state index < -0.39 is 0 Å². The Balaban J connectivity index is 1.87. The zero-order valence-electron chi connectivity index (χ0n) is 11.9. The molecule has 1 unspecified atom stereocenters. The number of hydrogen-bond donors (Lipinski definition) is 2. The van der Waals surface area contributed by atoms with Crippen LogP contribution in [0.15, 0.2) is 42.5 Å². The van der Waals surface area contributed by atoms with Crippen molar-refractivity contribution in [2.75, 3.05) is 7.11 Å². The second-order valence-electron chi connectivity index (χ2n) is 5.77. The lowest BCUT2D eigenvalue weighted by Gasteiger charge is -2.42. The molecule has 1 atom stereocenters. The summed E-state index contributed by atoms with van der Waals surface area (Å²) < 4.78 is 5.72. The van der Waals surface area contributed by atoms with E-state index in [1.165, 1.54) is 22.8 Å². The van der Waals surface area contributed by atoms with E-state index in [1.807, 2.05) is 7.11 Å². The van der Waals surface area contributed by atoms with E-state index in [2.05, 4.69) is 47.9 Å². The van der Waals surface area contributed by atoms with Crippen molar-refractivity contribution in [2.24, 2.45) is 5.84 Å². The highest BCUT2D eigenvalue weighted by Crippen LogP contribution is 2.41. The number of benzene rings is 2.